The van der Waals surface area contributed by atoms with E-state index >= 15 is 0 Å². The number of hydrogen-bond acceptors (Lipinski definition) is 0. The van der Waals surface area contributed by atoms with Crippen LogP contribution in [0.5, 0.6) is 0 Å². The van der Waals surface area contributed by atoms with Crippen LogP contribution in [-0.2, 0) is 6.54 Å². The van der Waals surface area contributed by atoms with Gasteiger partial charge in [-0.2, -0.15) is 0 Å². The number of imidazole rings is 1. The summed E-state index contributed by atoms with van der Waals surface area (Å²) in [6.45, 7) is 8.19. The van der Waals surface area contributed by atoms with Gasteiger partial charge >= 0.3 is 0 Å². The molecule has 1 aromatic heterocycles. The lowest BCUT2D eigenvalue weighted by Crippen LogP contribution is -2.31. The fourth-order valence-corrected chi connectivity index (χ4v) is 5.90. The highest BCUT2D eigenvalue weighted by Gasteiger charge is 2.11. The van der Waals surface area contributed by atoms with E-state index in [1.54, 1.807) is 0 Å². The lowest BCUT2D eigenvalue weighted by atomic mass is 10.0. The van der Waals surface area contributed by atoms with Crippen LogP contribution in [0.4, 0.5) is 0 Å². The minimum atomic E-state index is 0.640. The molecule has 1 atom stereocenters. The third-order valence-electron chi connectivity index (χ3n) is 8.72. The Kier molecular flexibility index (Phi) is 25.7. The molecule has 1 heterocycles. The van der Waals surface area contributed by atoms with E-state index in [1.807, 2.05) is 0 Å². The van der Waals surface area contributed by atoms with E-state index in [-0.39, 0.29) is 0 Å². The van der Waals surface area contributed by atoms with Crippen molar-refractivity contribution in [2.24, 2.45) is 0 Å². The summed E-state index contributed by atoms with van der Waals surface area (Å²) in [5.74, 6) is 0. The number of unbranched alkanes of at least 4 members (excludes halogenated alkanes) is 25. The van der Waals surface area contributed by atoms with Crippen LogP contribution < -0.4 is 4.57 Å². The van der Waals surface area contributed by atoms with Gasteiger partial charge in [0.1, 0.15) is 12.4 Å². The molecule has 0 amide bonds. The third kappa shape index (κ3) is 22.1. The van der Waals surface area contributed by atoms with Gasteiger partial charge in [0, 0.05) is 0 Å². The molecule has 2 nitrogen and oxygen atoms in total. The Morgan fingerprint density at radius 3 is 1.21 bits per heavy atom. The van der Waals surface area contributed by atoms with Crippen LogP contribution in [-0.4, -0.2) is 4.57 Å². The molecule has 1 aromatic rings. The van der Waals surface area contributed by atoms with Gasteiger partial charge in [-0.05, 0) is 32.6 Å². The van der Waals surface area contributed by atoms with Crippen LogP contribution in [0.1, 0.15) is 207 Å². The van der Waals surface area contributed by atoms with Crippen molar-refractivity contribution < 1.29 is 4.57 Å². The molecule has 0 saturated carbocycles. The van der Waals surface area contributed by atoms with E-state index in [2.05, 4.69) is 48.6 Å². The van der Waals surface area contributed by atoms with E-state index < -0.39 is 0 Å². The van der Waals surface area contributed by atoms with Crippen LogP contribution in [0.15, 0.2) is 18.7 Å². The summed E-state index contributed by atoms with van der Waals surface area (Å²) in [6, 6.07) is 0.640. The predicted octanol–water partition coefficient (Wildman–Crippen LogP) is 12.3. The summed E-state index contributed by atoms with van der Waals surface area (Å²) < 4.78 is 4.86. The van der Waals surface area contributed by atoms with E-state index in [4.69, 9.17) is 0 Å². The highest BCUT2D eigenvalue weighted by atomic mass is 15.1. The number of rotatable bonds is 30. The Hall–Kier alpha value is -0.790. The highest BCUT2D eigenvalue weighted by Crippen LogP contribution is 2.17. The summed E-state index contributed by atoms with van der Waals surface area (Å²) in [7, 11) is 0. The maximum Gasteiger partial charge on any atom is 0.243 e. The molecule has 0 bridgehead atoms. The molecule has 0 aliphatic carbocycles. The van der Waals surface area contributed by atoms with E-state index in [1.165, 1.54) is 186 Å². The standard InChI is InChI=1S/C36H71N2/c1-4-6-8-10-12-14-16-17-18-19-20-21-22-24-26-28-30-32-37-33-34-38(35-37)36(3)31-29-27-25-23-15-13-11-9-7-5-2/h33-36H,4-32H2,1-3H3/q+1. The first-order chi connectivity index (χ1) is 18.8. The first-order valence-corrected chi connectivity index (χ1v) is 17.8. The van der Waals surface area contributed by atoms with Crippen molar-refractivity contribution in [2.75, 3.05) is 0 Å². The number of aromatic nitrogens is 2. The summed E-state index contributed by atoms with van der Waals surface area (Å²) in [5.41, 5.74) is 0. The first-order valence-electron chi connectivity index (χ1n) is 17.8. The lowest BCUT2D eigenvalue weighted by Gasteiger charge is -2.08. The maximum absolute atomic E-state index is 2.45. The lowest BCUT2D eigenvalue weighted by molar-refractivity contribution is -0.697. The van der Waals surface area contributed by atoms with Crippen LogP contribution in [0.2, 0.25) is 0 Å². The molecule has 0 saturated heterocycles. The molecular formula is C36H71N2+. The van der Waals surface area contributed by atoms with Gasteiger partial charge in [-0.1, -0.05) is 168 Å². The summed E-state index contributed by atoms with van der Waals surface area (Å²) in [4.78, 5) is 0. The summed E-state index contributed by atoms with van der Waals surface area (Å²) in [5, 5.41) is 0. The van der Waals surface area contributed by atoms with E-state index in [0.717, 1.165) is 0 Å². The van der Waals surface area contributed by atoms with Crippen LogP contribution >= 0.6 is 0 Å². The zero-order valence-electron chi connectivity index (χ0n) is 26.7. The molecule has 0 aromatic carbocycles. The van der Waals surface area contributed by atoms with Crippen LogP contribution in [0.3, 0.4) is 0 Å². The first kappa shape index (κ1) is 35.2. The van der Waals surface area contributed by atoms with Gasteiger partial charge in [-0.15, -0.1) is 0 Å². The fraction of sp³-hybridized carbons (Fsp3) is 0.917. The van der Waals surface area contributed by atoms with Gasteiger partial charge in [0.15, 0.2) is 0 Å². The Bertz CT molecular complexity index is 578. The molecular weight excluding hydrogens is 460 g/mol. The smallest absolute Gasteiger partial charge is 0.237 e. The zero-order chi connectivity index (χ0) is 27.4. The van der Waals surface area contributed by atoms with Gasteiger partial charge in [0.25, 0.3) is 0 Å². The second-order valence-electron chi connectivity index (χ2n) is 12.6. The third-order valence-corrected chi connectivity index (χ3v) is 8.72. The topological polar surface area (TPSA) is 8.81 Å². The molecule has 1 rings (SSSR count). The summed E-state index contributed by atoms with van der Waals surface area (Å²) >= 11 is 0. The molecule has 224 valence electrons. The minimum absolute atomic E-state index is 0.640. The molecule has 1 unspecified atom stereocenters. The Morgan fingerprint density at radius 2 is 0.816 bits per heavy atom. The Morgan fingerprint density at radius 1 is 0.474 bits per heavy atom. The molecule has 38 heavy (non-hydrogen) atoms. The monoisotopic (exact) mass is 532 g/mol. The summed E-state index contributed by atoms with van der Waals surface area (Å²) in [6.07, 6.45) is 47.1. The van der Waals surface area contributed by atoms with E-state index in [0.29, 0.717) is 6.04 Å². The van der Waals surface area contributed by atoms with E-state index in [9.17, 15) is 0 Å². The van der Waals surface area contributed by atoms with Crippen molar-refractivity contribution in [1.82, 2.24) is 4.57 Å². The second kappa shape index (κ2) is 27.8. The Balaban J connectivity index is 1.86. The maximum atomic E-state index is 2.45. The van der Waals surface area contributed by atoms with Gasteiger partial charge in [0.05, 0.1) is 12.6 Å². The van der Waals surface area contributed by atoms with Crippen LogP contribution in [0.25, 0.3) is 0 Å². The van der Waals surface area contributed by atoms with Gasteiger partial charge in [-0.25, -0.2) is 9.13 Å². The SMILES string of the molecule is CCCCCCCCCCCCCCCCCCC[n+]1ccn(C(C)CCCCCCCCCCCC)c1. The molecule has 0 aliphatic heterocycles. The largest absolute Gasteiger partial charge is 0.243 e. The average molecular weight is 532 g/mol. The van der Waals surface area contributed by atoms with Crippen molar-refractivity contribution in [3.05, 3.63) is 18.7 Å². The molecule has 0 fully saturated rings. The number of nitrogens with zero attached hydrogens (tertiary/aromatic N) is 2. The van der Waals surface area contributed by atoms with Crippen molar-refractivity contribution >= 4 is 0 Å². The fourth-order valence-electron chi connectivity index (χ4n) is 5.90. The molecule has 0 radical (unpaired) electrons. The quantitative estimate of drug-likeness (QED) is 0.0689. The van der Waals surface area contributed by atoms with Gasteiger partial charge < -0.3 is 0 Å². The second-order valence-corrected chi connectivity index (χ2v) is 12.6. The predicted molar refractivity (Wildman–Crippen MR) is 170 cm³/mol. The molecule has 2 heteroatoms. The van der Waals surface area contributed by atoms with Crippen molar-refractivity contribution in [3.8, 4) is 0 Å². The minimum Gasteiger partial charge on any atom is -0.237 e. The molecule has 0 aliphatic rings. The number of aryl methyl sites for hydroxylation is 1. The van der Waals surface area contributed by atoms with Crippen LogP contribution in [0, 0.1) is 0 Å². The van der Waals surface area contributed by atoms with Crippen molar-refractivity contribution in [2.45, 2.75) is 213 Å². The Labute approximate surface area is 240 Å². The van der Waals surface area contributed by atoms with Gasteiger partial charge in [-0.3, -0.25) is 0 Å². The zero-order valence-corrected chi connectivity index (χ0v) is 26.7. The molecule has 0 spiro atoms. The number of hydrogen-bond donors (Lipinski definition) is 0. The highest BCUT2D eigenvalue weighted by molar-refractivity contribution is 4.72. The molecule has 0 N–H and O–H groups in total. The van der Waals surface area contributed by atoms with Gasteiger partial charge in [0.2, 0.25) is 6.33 Å². The average Bonchev–Trinajstić information content (AvgIpc) is 3.40. The normalized spacial score (nSPS) is 12.4. The van der Waals surface area contributed by atoms with Crippen molar-refractivity contribution in [3.63, 3.8) is 0 Å². The van der Waals surface area contributed by atoms with Crippen molar-refractivity contribution in [1.29, 1.82) is 0 Å².